The number of carbonyl (C=O) groups is 1. The molecule has 2 atom stereocenters. The van der Waals surface area contributed by atoms with Crippen molar-refractivity contribution in [3.63, 3.8) is 0 Å². The highest BCUT2D eigenvalue weighted by molar-refractivity contribution is 5.80. The highest BCUT2D eigenvalue weighted by Gasteiger charge is 2.40. The molecule has 0 radical (unpaired) electrons. The summed E-state index contributed by atoms with van der Waals surface area (Å²) in [7, 11) is 1.92. The third kappa shape index (κ3) is 1.74. The number of carbonyl (C=O) groups excluding carboxylic acids is 1. The maximum atomic E-state index is 11.8. The fourth-order valence-corrected chi connectivity index (χ4v) is 2.78. The first-order chi connectivity index (χ1) is 7.97. The Balaban J connectivity index is 2.48. The van der Waals surface area contributed by atoms with Crippen LogP contribution in [0.4, 0.5) is 0 Å². The zero-order chi connectivity index (χ0) is 12.7. The molecule has 0 aromatic carbocycles. The normalized spacial score (nSPS) is 24.8. The van der Waals surface area contributed by atoms with Gasteiger partial charge in [0.15, 0.2) is 0 Å². The average molecular weight is 236 g/mol. The number of nitrogens with zero attached hydrogens (tertiary/aromatic N) is 3. The minimum absolute atomic E-state index is 0.0128. The molecule has 2 N–H and O–H groups in total. The van der Waals surface area contributed by atoms with Gasteiger partial charge in [0.2, 0.25) is 5.91 Å². The number of amides is 1. The molecule has 2 rings (SSSR count). The number of hydrogen-bond acceptors (Lipinski definition) is 3. The molecule has 0 saturated carbocycles. The van der Waals surface area contributed by atoms with Crippen molar-refractivity contribution >= 4 is 5.91 Å². The lowest BCUT2D eigenvalue weighted by molar-refractivity contribution is -0.128. The van der Waals surface area contributed by atoms with Crippen LogP contribution in [-0.4, -0.2) is 33.2 Å². The van der Waals surface area contributed by atoms with Crippen molar-refractivity contribution in [2.24, 2.45) is 12.8 Å². The van der Waals surface area contributed by atoms with E-state index in [0.717, 1.165) is 17.0 Å². The van der Waals surface area contributed by atoms with Gasteiger partial charge in [-0.1, -0.05) is 0 Å². The summed E-state index contributed by atoms with van der Waals surface area (Å²) < 4.78 is 1.86. The molecule has 1 aromatic rings. The van der Waals surface area contributed by atoms with Gasteiger partial charge in [-0.15, -0.1) is 0 Å². The lowest BCUT2D eigenvalue weighted by Crippen LogP contribution is -2.33. The van der Waals surface area contributed by atoms with E-state index in [1.807, 2.05) is 37.4 Å². The van der Waals surface area contributed by atoms with E-state index in [1.54, 1.807) is 0 Å². The third-order valence-corrected chi connectivity index (χ3v) is 3.67. The standard InChI is InChI=1S/C12H20N4O/c1-5-16-10(17)6-9(13)12(16)11-7(2)14-15(4)8(11)3/h9,12H,5-6,13H2,1-4H3/t9-,12-/m0/s1. The highest BCUT2D eigenvalue weighted by Crippen LogP contribution is 2.34. The second-order valence-corrected chi connectivity index (χ2v) is 4.70. The van der Waals surface area contributed by atoms with Gasteiger partial charge in [0.05, 0.1) is 11.7 Å². The predicted molar refractivity (Wildman–Crippen MR) is 65.4 cm³/mol. The maximum absolute atomic E-state index is 11.8. The van der Waals surface area contributed by atoms with Crippen molar-refractivity contribution in [2.45, 2.75) is 39.3 Å². The second kappa shape index (κ2) is 4.14. The molecule has 0 unspecified atom stereocenters. The number of rotatable bonds is 2. The highest BCUT2D eigenvalue weighted by atomic mass is 16.2. The van der Waals surface area contributed by atoms with Crippen molar-refractivity contribution in [1.29, 1.82) is 0 Å². The molecule has 17 heavy (non-hydrogen) atoms. The van der Waals surface area contributed by atoms with Crippen LogP contribution in [0.15, 0.2) is 0 Å². The van der Waals surface area contributed by atoms with E-state index >= 15 is 0 Å². The van der Waals surface area contributed by atoms with Crippen LogP contribution in [0.25, 0.3) is 0 Å². The monoisotopic (exact) mass is 236 g/mol. The molecule has 0 spiro atoms. The second-order valence-electron chi connectivity index (χ2n) is 4.70. The molecule has 1 aliphatic heterocycles. The molecule has 0 bridgehead atoms. The van der Waals surface area contributed by atoms with Crippen LogP contribution in [0.5, 0.6) is 0 Å². The Morgan fingerprint density at radius 2 is 2.12 bits per heavy atom. The predicted octanol–water partition coefficient (Wildman–Crippen LogP) is 0.658. The fraction of sp³-hybridized carbons (Fsp3) is 0.667. The van der Waals surface area contributed by atoms with E-state index in [0.29, 0.717) is 13.0 Å². The number of likely N-dealkylation sites (N-methyl/N-ethyl adjacent to an activating group) is 1. The van der Waals surface area contributed by atoms with Gasteiger partial charge in [0, 0.05) is 37.3 Å². The molecule has 94 valence electrons. The number of likely N-dealkylation sites (tertiary alicyclic amines) is 1. The molecule has 1 saturated heterocycles. The molecular formula is C12H20N4O. The van der Waals surface area contributed by atoms with Crippen LogP contribution in [-0.2, 0) is 11.8 Å². The van der Waals surface area contributed by atoms with Crippen LogP contribution in [0.2, 0.25) is 0 Å². The number of hydrogen-bond donors (Lipinski definition) is 1. The zero-order valence-corrected chi connectivity index (χ0v) is 10.9. The van der Waals surface area contributed by atoms with E-state index in [1.165, 1.54) is 0 Å². The number of aryl methyl sites for hydroxylation is 2. The molecule has 1 amide bonds. The summed E-state index contributed by atoms with van der Waals surface area (Å²) in [6, 6.07) is -0.134. The SMILES string of the molecule is CCN1C(=O)C[C@H](N)[C@H]1c1c(C)nn(C)c1C. The number of aromatic nitrogens is 2. The van der Waals surface area contributed by atoms with Crippen molar-refractivity contribution in [3.8, 4) is 0 Å². The Kier molecular flexibility index (Phi) is 2.95. The smallest absolute Gasteiger partial charge is 0.224 e. The molecule has 2 heterocycles. The quantitative estimate of drug-likeness (QED) is 0.820. The van der Waals surface area contributed by atoms with E-state index in [2.05, 4.69) is 5.10 Å². The first-order valence-electron chi connectivity index (χ1n) is 6.02. The van der Waals surface area contributed by atoms with E-state index < -0.39 is 0 Å². The summed E-state index contributed by atoms with van der Waals surface area (Å²) in [6.07, 6.45) is 0.437. The van der Waals surface area contributed by atoms with Crippen LogP contribution in [0.3, 0.4) is 0 Å². The van der Waals surface area contributed by atoms with Crippen LogP contribution < -0.4 is 5.73 Å². The van der Waals surface area contributed by atoms with E-state index in [-0.39, 0.29) is 18.0 Å². The van der Waals surface area contributed by atoms with Crippen LogP contribution >= 0.6 is 0 Å². The van der Waals surface area contributed by atoms with Crippen molar-refractivity contribution < 1.29 is 4.79 Å². The zero-order valence-electron chi connectivity index (χ0n) is 10.9. The Bertz CT molecular complexity index is 452. The largest absolute Gasteiger partial charge is 0.334 e. The van der Waals surface area contributed by atoms with Gasteiger partial charge in [-0.05, 0) is 20.8 Å². The summed E-state index contributed by atoms with van der Waals surface area (Å²) in [5.41, 5.74) is 9.30. The van der Waals surface area contributed by atoms with Crippen LogP contribution in [0, 0.1) is 13.8 Å². The minimum atomic E-state index is -0.121. The van der Waals surface area contributed by atoms with Crippen molar-refractivity contribution in [1.82, 2.24) is 14.7 Å². The Hall–Kier alpha value is -1.36. The molecule has 1 aliphatic rings. The van der Waals surface area contributed by atoms with Gasteiger partial charge in [0.1, 0.15) is 0 Å². The Labute approximate surface area is 102 Å². The maximum Gasteiger partial charge on any atom is 0.224 e. The van der Waals surface area contributed by atoms with Crippen molar-refractivity contribution in [2.75, 3.05) is 6.54 Å². The molecule has 5 nitrogen and oxygen atoms in total. The summed E-state index contributed by atoms with van der Waals surface area (Å²) in [6.45, 7) is 6.69. The fourth-order valence-electron chi connectivity index (χ4n) is 2.78. The first-order valence-corrected chi connectivity index (χ1v) is 6.02. The van der Waals surface area contributed by atoms with Gasteiger partial charge in [0.25, 0.3) is 0 Å². The lowest BCUT2D eigenvalue weighted by atomic mass is 9.99. The molecular weight excluding hydrogens is 216 g/mol. The van der Waals surface area contributed by atoms with Gasteiger partial charge in [-0.25, -0.2) is 0 Å². The topological polar surface area (TPSA) is 64.2 Å². The summed E-state index contributed by atoms with van der Waals surface area (Å²) in [4.78, 5) is 13.7. The van der Waals surface area contributed by atoms with Crippen LogP contribution in [0.1, 0.15) is 36.3 Å². The van der Waals surface area contributed by atoms with E-state index in [9.17, 15) is 4.79 Å². The summed E-state index contributed by atoms with van der Waals surface area (Å²) >= 11 is 0. The molecule has 0 aliphatic carbocycles. The molecule has 5 heteroatoms. The van der Waals surface area contributed by atoms with E-state index in [4.69, 9.17) is 5.73 Å². The van der Waals surface area contributed by atoms with Gasteiger partial charge < -0.3 is 10.6 Å². The number of nitrogens with two attached hydrogens (primary N) is 1. The van der Waals surface area contributed by atoms with Gasteiger partial charge >= 0.3 is 0 Å². The Morgan fingerprint density at radius 1 is 1.47 bits per heavy atom. The Morgan fingerprint density at radius 3 is 2.59 bits per heavy atom. The van der Waals surface area contributed by atoms with Gasteiger partial charge in [-0.3, -0.25) is 9.48 Å². The average Bonchev–Trinajstić information content (AvgIpc) is 2.65. The third-order valence-electron chi connectivity index (χ3n) is 3.67. The van der Waals surface area contributed by atoms with Gasteiger partial charge in [-0.2, -0.15) is 5.10 Å². The molecule has 1 aromatic heterocycles. The van der Waals surface area contributed by atoms with Crippen molar-refractivity contribution in [3.05, 3.63) is 17.0 Å². The first kappa shape index (κ1) is 12.1. The lowest BCUT2D eigenvalue weighted by Gasteiger charge is -2.26. The minimum Gasteiger partial charge on any atom is -0.334 e. The molecule has 1 fully saturated rings. The summed E-state index contributed by atoms with van der Waals surface area (Å²) in [5.74, 6) is 0.146. The summed E-state index contributed by atoms with van der Waals surface area (Å²) in [5, 5.41) is 4.41.